The highest BCUT2D eigenvalue weighted by molar-refractivity contribution is 5.67. The van der Waals surface area contributed by atoms with Crippen LogP contribution in [0.1, 0.15) is 6.42 Å². The number of amides is 1. The van der Waals surface area contributed by atoms with Gasteiger partial charge in [0, 0.05) is 6.54 Å². The number of hydrogen-bond acceptors (Lipinski definition) is 7. The molecule has 0 rings (SSSR count). The van der Waals surface area contributed by atoms with Crippen LogP contribution in [0.25, 0.3) is 0 Å². The summed E-state index contributed by atoms with van der Waals surface area (Å²) in [6, 6.07) is 0. The van der Waals surface area contributed by atoms with Crippen molar-refractivity contribution in [3.63, 3.8) is 0 Å². The van der Waals surface area contributed by atoms with Gasteiger partial charge in [-0.1, -0.05) is 12.7 Å². The molecule has 0 aromatic rings. The molecular weight excluding hydrogens is 322 g/mol. The fourth-order valence-electron chi connectivity index (χ4n) is 1.33. The molecule has 0 aromatic carbocycles. The first-order valence-corrected chi connectivity index (χ1v) is 7.71. The van der Waals surface area contributed by atoms with Gasteiger partial charge in [-0.25, -0.2) is 4.79 Å². The smallest absolute Gasteiger partial charge is 0.407 e. The van der Waals surface area contributed by atoms with Crippen molar-refractivity contribution in [3.05, 3.63) is 12.7 Å². The summed E-state index contributed by atoms with van der Waals surface area (Å²) in [5.74, 6) is -0.880. The summed E-state index contributed by atoms with van der Waals surface area (Å²) in [6.45, 7) is 7.00. The van der Waals surface area contributed by atoms with Crippen molar-refractivity contribution in [2.24, 2.45) is 0 Å². The molecule has 2 N–H and O–H groups in total. The average molecular weight is 349 g/mol. The van der Waals surface area contributed by atoms with Crippen LogP contribution in [0, 0.1) is 0 Å². The average Bonchev–Trinajstić information content (AvgIpc) is 2.56. The molecule has 0 atom stereocenters. The number of nitrogens with one attached hydrogen (secondary N) is 1. The van der Waals surface area contributed by atoms with Crippen LogP contribution in [0.5, 0.6) is 0 Å². The van der Waals surface area contributed by atoms with Crippen LogP contribution in [0.2, 0.25) is 0 Å². The lowest BCUT2D eigenvalue weighted by molar-refractivity contribution is -0.138. The summed E-state index contributed by atoms with van der Waals surface area (Å²) >= 11 is 0. The molecule has 0 heterocycles. The van der Waals surface area contributed by atoms with Crippen molar-refractivity contribution in [3.8, 4) is 0 Å². The van der Waals surface area contributed by atoms with Crippen LogP contribution in [-0.2, 0) is 28.5 Å². The van der Waals surface area contributed by atoms with Crippen molar-refractivity contribution in [1.29, 1.82) is 0 Å². The third-order valence-corrected chi connectivity index (χ3v) is 2.42. The topological polar surface area (TPSA) is 113 Å². The van der Waals surface area contributed by atoms with Crippen LogP contribution in [0.3, 0.4) is 0 Å². The molecule has 0 aliphatic rings. The van der Waals surface area contributed by atoms with Crippen LogP contribution in [-0.4, -0.2) is 83.2 Å². The molecule has 9 heteroatoms. The molecular formula is C15H27NO8. The number of hydrogen-bond donors (Lipinski definition) is 2. The summed E-state index contributed by atoms with van der Waals surface area (Å²) in [6.07, 6.45) is 0.983. The number of aliphatic carboxylic acids is 1. The lowest BCUT2D eigenvalue weighted by atomic mass is 10.5. The van der Waals surface area contributed by atoms with Gasteiger partial charge in [-0.15, -0.1) is 0 Å². The third-order valence-electron chi connectivity index (χ3n) is 2.42. The van der Waals surface area contributed by atoms with Gasteiger partial charge in [0.25, 0.3) is 0 Å². The van der Waals surface area contributed by atoms with Crippen LogP contribution in [0.15, 0.2) is 12.7 Å². The Kier molecular flexibility index (Phi) is 16.4. The zero-order chi connectivity index (χ0) is 17.9. The van der Waals surface area contributed by atoms with Crippen molar-refractivity contribution in [1.82, 2.24) is 5.32 Å². The van der Waals surface area contributed by atoms with E-state index in [9.17, 15) is 9.59 Å². The lowest BCUT2D eigenvalue weighted by Gasteiger charge is -2.08. The van der Waals surface area contributed by atoms with Gasteiger partial charge in [-0.2, -0.15) is 0 Å². The van der Waals surface area contributed by atoms with Gasteiger partial charge < -0.3 is 34.1 Å². The van der Waals surface area contributed by atoms with Gasteiger partial charge >= 0.3 is 12.1 Å². The summed E-state index contributed by atoms with van der Waals surface area (Å²) in [4.78, 5) is 21.3. The maximum atomic E-state index is 11.0. The zero-order valence-electron chi connectivity index (χ0n) is 13.9. The Morgan fingerprint density at radius 3 is 1.88 bits per heavy atom. The van der Waals surface area contributed by atoms with Gasteiger partial charge in [0.15, 0.2) is 0 Å². The van der Waals surface area contributed by atoms with E-state index < -0.39 is 12.1 Å². The summed E-state index contributed by atoms with van der Waals surface area (Å²) < 4.78 is 25.5. The number of carboxylic acid groups (broad SMARTS) is 1. The van der Waals surface area contributed by atoms with Crippen LogP contribution >= 0.6 is 0 Å². The molecule has 0 spiro atoms. The number of carbonyl (C=O) groups excluding carboxylic acids is 1. The molecule has 0 saturated heterocycles. The minimum Gasteiger partial charge on any atom is -0.481 e. The predicted octanol–water partition coefficient (Wildman–Crippen LogP) is 0.440. The number of alkyl carbamates (subject to hydrolysis) is 1. The molecule has 140 valence electrons. The van der Waals surface area contributed by atoms with E-state index in [-0.39, 0.29) is 19.6 Å². The van der Waals surface area contributed by atoms with E-state index in [0.29, 0.717) is 52.8 Å². The Labute approximate surface area is 141 Å². The molecule has 24 heavy (non-hydrogen) atoms. The molecule has 0 radical (unpaired) electrons. The monoisotopic (exact) mass is 349 g/mol. The lowest BCUT2D eigenvalue weighted by Crippen LogP contribution is -2.28. The number of carboxylic acids is 1. The molecule has 0 aromatic heterocycles. The van der Waals surface area contributed by atoms with Crippen molar-refractivity contribution >= 4 is 12.1 Å². The van der Waals surface area contributed by atoms with Gasteiger partial charge in [-0.05, 0) is 0 Å². The Bertz CT molecular complexity index is 337. The molecule has 0 saturated carbocycles. The molecule has 9 nitrogen and oxygen atoms in total. The fourth-order valence-corrected chi connectivity index (χ4v) is 1.33. The standard InChI is InChI=1S/C15H27NO8/c1-2-5-24-15(19)16-4-7-21-9-11-23-13-12-22-10-8-20-6-3-14(17)18/h2H,1,3-13H2,(H,16,19)(H,17,18). The van der Waals surface area contributed by atoms with Gasteiger partial charge in [0.2, 0.25) is 0 Å². The first-order valence-electron chi connectivity index (χ1n) is 7.71. The maximum absolute atomic E-state index is 11.0. The predicted molar refractivity (Wildman–Crippen MR) is 85.1 cm³/mol. The number of ether oxygens (including phenoxy) is 5. The van der Waals surface area contributed by atoms with Gasteiger partial charge in [0.1, 0.15) is 6.61 Å². The van der Waals surface area contributed by atoms with E-state index in [0.717, 1.165) is 0 Å². The fraction of sp³-hybridized carbons (Fsp3) is 0.733. The van der Waals surface area contributed by atoms with E-state index in [1.54, 1.807) is 0 Å². The van der Waals surface area contributed by atoms with Crippen molar-refractivity contribution in [2.45, 2.75) is 6.42 Å². The van der Waals surface area contributed by atoms with Crippen LogP contribution < -0.4 is 5.32 Å². The van der Waals surface area contributed by atoms with E-state index >= 15 is 0 Å². The summed E-state index contributed by atoms with van der Waals surface area (Å²) in [5, 5.41) is 10.9. The van der Waals surface area contributed by atoms with E-state index in [4.69, 9.17) is 28.8 Å². The van der Waals surface area contributed by atoms with Crippen molar-refractivity contribution in [2.75, 3.05) is 66.0 Å². The molecule has 0 aliphatic carbocycles. The second-order valence-corrected chi connectivity index (χ2v) is 4.41. The summed E-state index contributed by atoms with van der Waals surface area (Å²) in [5.41, 5.74) is 0. The SMILES string of the molecule is C=CCOC(=O)NCCOCCOCCOCCOCCC(=O)O. The second kappa shape index (κ2) is 17.7. The number of carbonyl (C=O) groups is 2. The quantitative estimate of drug-likeness (QED) is 0.287. The highest BCUT2D eigenvalue weighted by Crippen LogP contribution is 1.85. The summed E-state index contributed by atoms with van der Waals surface area (Å²) in [7, 11) is 0. The normalized spacial score (nSPS) is 10.3. The van der Waals surface area contributed by atoms with E-state index in [2.05, 4.69) is 11.9 Å². The van der Waals surface area contributed by atoms with Gasteiger partial charge in [0.05, 0.1) is 59.3 Å². The van der Waals surface area contributed by atoms with E-state index in [1.807, 2.05) is 0 Å². The minimum absolute atomic E-state index is 0.00532. The molecule has 1 amide bonds. The molecule has 0 bridgehead atoms. The Morgan fingerprint density at radius 1 is 0.875 bits per heavy atom. The Hall–Kier alpha value is -1.68. The highest BCUT2D eigenvalue weighted by atomic mass is 16.6. The molecule has 0 fully saturated rings. The molecule has 0 aliphatic heterocycles. The molecule has 0 unspecified atom stereocenters. The van der Waals surface area contributed by atoms with Crippen molar-refractivity contribution < 1.29 is 38.4 Å². The third kappa shape index (κ3) is 18.4. The van der Waals surface area contributed by atoms with Crippen LogP contribution in [0.4, 0.5) is 4.79 Å². The first-order chi connectivity index (χ1) is 11.7. The number of rotatable bonds is 17. The Balaban J connectivity index is 3.08. The van der Waals surface area contributed by atoms with Gasteiger partial charge in [-0.3, -0.25) is 4.79 Å². The first kappa shape index (κ1) is 22.3. The second-order valence-electron chi connectivity index (χ2n) is 4.41. The largest absolute Gasteiger partial charge is 0.481 e. The Morgan fingerprint density at radius 2 is 1.38 bits per heavy atom. The maximum Gasteiger partial charge on any atom is 0.407 e. The minimum atomic E-state index is -0.880. The van der Waals surface area contributed by atoms with E-state index in [1.165, 1.54) is 6.08 Å². The highest BCUT2D eigenvalue weighted by Gasteiger charge is 1.99. The zero-order valence-corrected chi connectivity index (χ0v) is 13.9.